The topological polar surface area (TPSA) is 46.3 Å². The molecule has 1 N–H and O–H groups in total. The first kappa shape index (κ1) is 13.5. The van der Waals surface area contributed by atoms with E-state index in [-0.39, 0.29) is 11.6 Å². The van der Waals surface area contributed by atoms with Crippen LogP contribution in [0, 0.1) is 5.82 Å². The maximum Gasteiger partial charge on any atom is 0.227 e. The Morgan fingerprint density at radius 1 is 0.826 bits per heavy atom. The lowest BCUT2D eigenvalue weighted by molar-refractivity contribution is 0.475. The van der Waals surface area contributed by atoms with Crippen molar-refractivity contribution in [2.45, 2.75) is 0 Å². The Morgan fingerprint density at radius 3 is 2.43 bits per heavy atom. The van der Waals surface area contributed by atoms with Crippen molar-refractivity contribution in [1.29, 1.82) is 0 Å². The van der Waals surface area contributed by atoms with Gasteiger partial charge in [-0.15, -0.1) is 0 Å². The van der Waals surface area contributed by atoms with E-state index in [9.17, 15) is 9.50 Å². The smallest absolute Gasteiger partial charge is 0.227 e. The minimum atomic E-state index is -0.329. The van der Waals surface area contributed by atoms with Crippen LogP contribution in [0.2, 0.25) is 0 Å². The number of aromatic hydroxyl groups is 1. The summed E-state index contributed by atoms with van der Waals surface area (Å²) >= 11 is 0. The average Bonchev–Trinajstić information content (AvgIpc) is 2.98. The summed E-state index contributed by atoms with van der Waals surface area (Å²) in [5.74, 6) is 0.262. The molecule has 112 valence electrons. The van der Waals surface area contributed by atoms with E-state index in [1.54, 1.807) is 30.3 Å². The second kappa shape index (κ2) is 5.25. The highest BCUT2D eigenvalue weighted by Gasteiger charge is 2.10. The van der Waals surface area contributed by atoms with Crippen LogP contribution in [0.1, 0.15) is 0 Å². The van der Waals surface area contributed by atoms with E-state index in [0.717, 1.165) is 11.1 Å². The fourth-order valence-corrected chi connectivity index (χ4v) is 2.53. The molecule has 0 radical (unpaired) electrons. The molecule has 4 aromatic rings. The zero-order chi connectivity index (χ0) is 15.8. The Balaban J connectivity index is 1.81. The molecular formula is C19H12FNO2. The number of hydrogen-bond acceptors (Lipinski definition) is 3. The highest BCUT2D eigenvalue weighted by molar-refractivity contribution is 5.82. The first-order chi connectivity index (χ1) is 11.2. The zero-order valence-corrected chi connectivity index (χ0v) is 12.0. The van der Waals surface area contributed by atoms with Gasteiger partial charge in [-0.25, -0.2) is 9.37 Å². The lowest BCUT2D eigenvalue weighted by atomic mass is 10.1. The molecular weight excluding hydrogens is 293 g/mol. The van der Waals surface area contributed by atoms with Gasteiger partial charge in [0.15, 0.2) is 5.58 Å². The van der Waals surface area contributed by atoms with E-state index in [1.165, 1.54) is 12.1 Å². The van der Waals surface area contributed by atoms with E-state index < -0.39 is 0 Å². The first-order valence-electron chi connectivity index (χ1n) is 7.15. The molecule has 0 aliphatic heterocycles. The normalized spacial score (nSPS) is 11.0. The molecule has 0 saturated carbocycles. The molecule has 4 heteroatoms. The fourth-order valence-electron chi connectivity index (χ4n) is 2.53. The molecule has 0 atom stereocenters. The summed E-state index contributed by atoms with van der Waals surface area (Å²) in [6.45, 7) is 0. The van der Waals surface area contributed by atoms with E-state index in [1.807, 2.05) is 24.3 Å². The third-order valence-corrected chi connectivity index (χ3v) is 3.64. The van der Waals surface area contributed by atoms with Gasteiger partial charge in [-0.2, -0.15) is 0 Å². The molecule has 1 heterocycles. The van der Waals surface area contributed by atoms with Crippen molar-refractivity contribution in [2.75, 3.05) is 0 Å². The van der Waals surface area contributed by atoms with Gasteiger partial charge in [0.25, 0.3) is 0 Å². The van der Waals surface area contributed by atoms with Crippen LogP contribution >= 0.6 is 0 Å². The number of oxazole rings is 1. The van der Waals surface area contributed by atoms with Crippen LogP contribution in [-0.2, 0) is 0 Å². The van der Waals surface area contributed by atoms with Gasteiger partial charge in [0.05, 0.1) is 0 Å². The van der Waals surface area contributed by atoms with Crippen molar-refractivity contribution in [3.8, 4) is 28.3 Å². The Kier molecular flexibility index (Phi) is 3.08. The molecule has 0 bridgehead atoms. The van der Waals surface area contributed by atoms with Crippen molar-refractivity contribution in [2.24, 2.45) is 0 Å². The summed E-state index contributed by atoms with van der Waals surface area (Å²) in [7, 11) is 0. The van der Waals surface area contributed by atoms with Crippen LogP contribution in [0.5, 0.6) is 5.75 Å². The molecule has 0 spiro atoms. The quantitative estimate of drug-likeness (QED) is 0.566. The van der Waals surface area contributed by atoms with Gasteiger partial charge in [-0.1, -0.05) is 24.3 Å². The van der Waals surface area contributed by atoms with Crippen LogP contribution in [-0.4, -0.2) is 10.1 Å². The van der Waals surface area contributed by atoms with Crippen molar-refractivity contribution < 1.29 is 13.9 Å². The van der Waals surface area contributed by atoms with Crippen molar-refractivity contribution in [3.05, 3.63) is 72.5 Å². The van der Waals surface area contributed by atoms with Crippen molar-refractivity contribution in [3.63, 3.8) is 0 Å². The lowest BCUT2D eigenvalue weighted by Gasteiger charge is -2.01. The predicted molar refractivity (Wildman–Crippen MR) is 86.5 cm³/mol. The molecule has 0 unspecified atom stereocenters. The van der Waals surface area contributed by atoms with E-state index >= 15 is 0 Å². The molecule has 0 fully saturated rings. The van der Waals surface area contributed by atoms with Gasteiger partial charge in [-0.3, -0.25) is 0 Å². The standard InChI is InChI=1S/C19H12FNO2/c20-15-5-1-4-14(9-15)19-21-17-8-7-13(11-18(17)23-19)12-3-2-6-16(22)10-12/h1-11,22H. The number of rotatable bonds is 2. The molecule has 1 aromatic heterocycles. The molecule has 3 nitrogen and oxygen atoms in total. The highest BCUT2D eigenvalue weighted by atomic mass is 19.1. The number of phenols is 1. The number of aromatic nitrogens is 1. The summed E-state index contributed by atoms with van der Waals surface area (Å²) in [6, 6.07) is 18.8. The summed E-state index contributed by atoms with van der Waals surface area (Å²) in [6.07, 6.45) is 0. The Bertz CT molecular complexity index is 964. The summed E-state index contributed by atoms with van der Waals surface area (Å²) in [5, 5.41) is 9.60. The lowest BCUT2D eigenvalue weighted by Crippen LogP contribution is -1.79. The molecule has 0 aliphatic rings. The van der Waals surface area contributed by atoms with E-state index in [2.05, 4.69) is 4.98 Å². The maximum absolute atomic E-state index is 13.3. The predicted octanol–water partition coefficient (Wildman–Crippen LogP) is 5.01. The third kappa shape index (κ3) is 2.55. The van der Waals surface area contributed by atoms with Gasteiger partial charge in [0.2, 0.25) is 5.89 Å². The van der Waals surface area contributed by atoms with Gasteiger partial charge < -0.3 is 9.52 Å². The minimum absolute atomic E-state index is 0.209. The second-order valence-corrected chi connectivity index (χ2v) is 5.26. The van der Waals surface area contributed by atoms with Crippen molar-refractivity contribution >= 4 is 11.1 Å². The molecule has 3 aromatic carbocycles. The number of hydrogen-bond donors (Lipinski definition) is 1. The fraction of sp³-hybridized carbons (Fsp3) is 0. The van der Waals surface area contributed by atoms with Crippen LogP contribution in [0.4, 0.5) is 4.39 Å². The Labute approximate surface area is 131 Å². The summed E-state index contributed by atoms with van der Waals surface area (Å²) in [4.78, 5) is 4.39. The van der Waals surface area contributed by atoms with Crippen LogP contribution in [0.15, 0.2) is 71.1 Å². The van der Waals surface area contributed by atoms with Gasteiger partial charge in [-0.05, 0) is 53.6 Å². The third-order valence-electron chi connectivity index (χ3n) is 3.64. The largest absolute Gasteiger partial charge is 0.508 e. The summed E-state index contributed by atoms with van der Waals surface area (Å²) in [5.41, 5.74) is 3.71. The molecule has 23 heavy (non-hydrogen) atoms. The Morgan fingerprint density at radius 2 is 1.61 bits per heavy atom. The van der Waals surface area contributed by atoms with E-state index in [4.69, 9.17) is 4.42 Å². The van der Waals surface area contributed by atoms with Gasteiger partial charge >= 0.3 is 0 Å². The number of fused-ring (bicyclic) bond motifs is 1. The number of benzene rings is 3. The summed E-state index contributed by atoms with van der Waals surface area (Å²) < 4.78 is 19.1. The molecule has 0 aliphatic carbocycles. The number of halogens is 1. The van der Waals surface area contributed by atoms with Crippen molar-refractivity contribution in [1.82, 2.24) is 4.98 Å². The first-order valence-corrected chi connectivity index (χ1v) is 7.15. The van der Waals surface area contributed by atoms with Gasteiger partial charge in [0, 0.05) is 5.56 Å². The minimum Gasteiger partial charge on any atom is -0.508 e. The van der Waals surface area contributed by atoms with Crippen LogP contribution < -0.4 is 0 Å². The van der Waals surface area contributed by atoms with Crippen LogP contribution in [0.3, 0.4) is 0 Å². The number of nitrogens with zero attached hydrogens (tertiary/aromatic N) is 1. The molecule has 0 amide bonds. The molecule has 0 saturated heterocycles. The number of phenolic OH excluding ortho intramolecular Hbond substituents is 1. The SMILES string of the molecule is Oc1cccc(-c2ccc3nc(-c4cccc(F)c4)oc3c2)c1. The van der Waals surface area contributed by atoms with Crippen LogP contribution in [0.25, 0.3) is 33.7 Å². The molecule has 4 rings (SSSR count). The highest BCUT2D eigenvalue weighted by Crippen LogP contribution is 2.29. The average molecular weight is 305 g/mol. The monoisotopic (exact) mass is 305 g/mol. The van der Waals surface area contributed by atoms with E-state index in [0.29, 0.717) is 22.6 Å². The maximum atomic E-state index is 13.3. The zero-order valence-electron chi connectivity index (χ0n) is 12.0. The second-order valence-electron chi connectivity index (χ2n) is 5.26. The van der Waals surface area contributed by atoms with Gasteiger partial charge in [0.1, 0.15) is 17.1 Å². The Hall–Kier alpha value is -3.14.